The van der Waals surface area contributed by atoms with Gasteiger partial charge in [0.05, 0.1) is 5.75 Å². The zero-order chi connectivity index (χ0) is 15.0. The van der Waals surface area contributed by atoms with Crippen LogP contribution < -0.4 is 15.8 Å². The number of hydrogen-bond donors (Lipinski definition) is 3. The Morgan fingerprint density at radius 1 is 1.30 bits per heavy atom. The van der Waals surface area contributed by atoms with Crippen molar-refractivity contribution in [2.45, 2.75) is 20.3 Å². The molecule has 0 spiro atoms. The van der Waals surface area contributed by atoms with Crippen molar-refractivity contribution >= 4 is 21.7 Å². The molecule has 0 heterocycles. The Morgan fingerprint density at radius 2 is 1.95 bits per heavy atom. The minimum absolute atomic E-state index is 0.0907. The molecule has 0 amide bonds. The first kappa shape index (κ1) is 16.5. The molecule has 1 aromatic rings. The molecule has 4 N–H and O–H groups in total. The van der Waals surface area contributed by atoms with Crippen molar-refractivity contribution in [2.75, 3.05) is 24.2 Å². The quantitative estimate of drug-likeness (QED) is 0.398. The van der Waals surface area contributed by atoms with Crippen molar-refractivity contribution < 1.29 is 8.42 Å². The van der Waals surface area contributed by atoms with Gasteiger partial charge in [-0.05, 0) is 32.4 Å². The maximum absolute atomic E-state index is 11.2. The highest BCUT2D eigenvalue weighted by atomic mass is 32.2. The fraction of sp³-hybridized carbons (Fsp3) is 0.462. The molecular weight excluding hydrogens is 276 g/mol. The molecule has 1 aromatic carbocycles. The summed E-state index contributed by atoms with van der Waals surface area (Å²) in [7, 11) is -3.12. The van der Waals surface area contributed by atoms with E-state index in [1.165, 1.54) is 5.56 Å². The molecule has 1 rings (SSSR count). The summed E-state index contributed by atoms with van der Waals surface area (Å²) in [6.45, 7) is 4.46. The summed E-state index contributed by atoms with van der Waals surface area (Å²) in [5, 5.41) is 2.98. The van der Waals surface area contributed by atoms with Gasteiger partial charge in [-0.3, -0.25) is 4.99 Å². The van der Waals surface area contributed by atoms with Crippen LogP contribution in [0, 0.1) is 6.92 Å². The lowest BCUT2D eigenvalue weighted by Gasteiger charge is -2.06. The van der Waals surface area contributed by atoms with E-state index in [-0.39, 0.29) is 5.75 Å². The number of sulfonamides is 1. The van der Waals surface area contributed by atoms with Gasteiger partial charge in [-0.1, -0.05) is 17.7 Å². The van der Waals surface area contributed by atoms with Crippen LogP contribution in [0.5, 0.6) is 0 Å². The van der Waals surface area contributed by atoms with Gasteiger partial charge < -0.3 is 11.1 Å². The van der Waals surface area contributed by atoms with Gasteiger partial charge in [-0.25, -0.2) is 13.1 Å². The highest BCUT2D eigenvalue weighted by molar-refractivity contribution is 7.89. The minimum Gasteiger partial charge on any atom is -0.370 e. The third-order valence-corrected chi connectivity index (χ3v) is 4.05. The largest absolute Gasteiger partial charge is 0.370 e. The molecule has 0 aromatic heterocycles. The highest BCUT2D eigenvalue weighted by Gasteiger charge is 2.03. The number of anilines is 1. The van der Waals surface area contributed by atoms with E-state index in [4.69, 9.17) is 5.73 Å². The van der Waals surface area contributed by atoms with Gasteiger partial charge in [0.1, 0.15) is 0 Å². The topological polar surface area (TPSA) is 96.6 Å². The van der Waals surface area contributed by atoms with Crippen LogP contribution >= 0.6 is 0 Å². The van der Waals surface area contributed by atoms with Crippen LogP contribution in [0.3, 0.4) is 0 Å². The van der Waals surface area contributed by atoms with E-state index in [2.05, 4.69) is 15.0 Å². The van der Waals surface area contributed by atoms with Crippen molar-refractivity contribution in [3.8, 4) is 0 Å². The molecule has 7 heteroatoms. The average Bonchev–Trinajstić information content (AvgIpc) is 2.41. The van der Waals surface area contributed by atoms with E-state index in [1.54, 1.807) is 6.92 Å². The predicted molar refractivity (Wildman–Crippen MR) is 83.4 cm³/mol. The SMILES string of the molecule is CCS(=O)(=O)NCCCN=C(N)Nc1ccc(C)cc1. The maximum Gasteiger partial charge on any atom is 0.211 e. The Balaban J connectivity index is 2.30. The molecule has 0 radical (unpaired) electrons. The Labute approximate surface area is 120 Å². The molecule has 0 aliphatic rings. The summed E-state index contributed by atoms with van der Waals surface area (Å²) in [5.41, 5.74) is 7.79. The first-order chi connectivity index (χ1) is 9.43. The Morgan fingerprint density at radius 3 is 2.55 bits per heavy atom. The number of nitrogens with two attached hydrogens (primary N) is 1. The third-order valence-electron chi connectivity index (χ3n) is 2.64. The summed E-state index contributed by atoms with van der Waals surface area (Å²) in [6, 6.07) is 7.81. The standard InChI is InChI=1S/C13H22N4O2S/c1-3-20(18,19)16-10-4-9-15-13(14)17-12-7-5-11(2)6-8-12/h5-8,16H,3-4,9-10H2,1-2H3,(H3,14,15,17). The molecule has 112 valence electrons. The Bertz CT molecular complexity index is 538. The van der Waals surface area contributed by atoms with Gasteiger partial charge in [-0.15, -0.1) is 0 Å². The number of hydrogen-bond acceptors (Lipinski definition) is 3. The fourth-order valence-electron chi connectivity index (χ4n) is 1.43. The van der Waals surface area contributed by atoms with E-state index >= 15 is 0 Å². The second-order valence-corrected chi connectivity index (χ2v) is 6.50. The molecule has 0 fully saturated rings. The van der Waals surface area contributed by atoms with Crippen molar-refractivity contribution in [1.29, 1.82) is 0 Å². The van der Waals surface area contributed by atoms with E-state index in [0.717, 1.165) is 5.69 Å². The van der Waals surface area contributed by atoms with Gasteiger partial charge in [0.15, 0.2) is 5.96 Å². The molecular formula is C13H22N4O2S. The number of aryl methyl sites for hydroxylation is 1. The molecule has 0 aliphatic carbocycles. The lowest BCUT2D eigenvalue weighted by molar-refractivity contribution is 0.581. The summed E-state index contributed by atoms with van der Waals surface area (Å²) < 4.78 is 24.8. The number of benzene rings is 1. The smallest absolute Gasteiger partial charge is 0.211 e. The summed E-state index contributed by atoms with van der Waals surface area (Å²) in [6.07, 6.45) is 0.607. The first-order valence-corrected chi connectivity index (χ1v) is 8.19. The molecule has 0 aliphatic heterocycles. The lowest BCUT2D eigenvalue weighted by atomic mass is 10.2. The molecule has 20 heavy (non-hydrogen) atoms. The van der Waals surface area contributed by atoms with Gasteiger partial charge in [0.2, 0.25) is 10.0 Å². The number of nitrogens with one attached hydrogen (secondary N) is 2. The second kappa shape index (κ2) is 7.86. The van der Waals surface area contributed by atoms with Crippen LogP contribution in [-0.2, 0) is 10.0 Å². The zero-order valence-electron chi connectivity index (χ0n) is 11.9. The van der Waals surface area contributed by atoms with Crippen molar-refractivity contribution in [1.82, 2.24) is 4.72 Å². The van der Waals surface area contributed by atoms with Crippen LogP contribution in [0.2, 0.25) is 0 Å². The maximum atomic E-state index is 11.2. The Kier molecular flexibility index (Phi) is 6.47. The van der Waals surface area contributed by atoms with Crippen LogP contribution in [0.15, 0.2) is 29.3 Å². The zero-order valence-corrected chi connectivity index (χ0v) is 12.7. The molecule has 0 unspecified atom stereocenters. The van der Waals surface area contributed by atoms with E-state index in [0.29, 0.717) is 25.5 Å². The summed E-state index contributed by atoms with van der Waals surface area (Å²) in [4.78, 5) is 4.14. The van der Waals surface area contributed by atoms with E-state index in [1.807, 2.05) is 31.2 Å². The Hall–Kier alpha value is -1.60. The van der Waals surface area contributed by atoms with Crippen molar-refractivity contribution in [3.05, 3.63) is 29.8 Å². The van der Waals surface area contributed by atoms with Crippen molar-refractivity contribution in [3.63, 3.8) is 0 Å². The van der Waals surface area contributed by atoms with E-state index in [9.17, 15) is 8.42 Å². The van der Waals surface area contributed by atoms with Crippen LogP contribution in [0.1, 0.15) is 18.9 Å². The van der Waals surface area contributed by atoms with Gasteiger partial charge in [0.25, 0.3) is 0 Å². The third kappa shape index (κ3) is 6.53. The van der Waals surface area contributed by atoms with Gasteiger partial charge in [0, 0.05) is 18.8 Å². The molecule has 0 bridgehead atoms. The van der Waals surface area contributed by atoms with E-state index < -0.39 is 10.0 Å². The lowest BCUT2D eigenvalue weighted by Crippen LogP contribution is -2.27. The number of rotatable bonds is 7. The van der Waals surface area contributed by atoms with Crippen LogP contribution in [0.4, 0.5) is 5.69 Å². The minimum atomic E-state index is -3.12. The number of aliphatic imine (C=N–C) groups is 1. The molecule has 0 saturated heterocycles. The first-order valence-electron chi connectivity index (χ1n) is 6.54. The highest BCUT2D eigenvalue weighted by Crippen LogP contribution is 2.07. The molecule has 6 nitrogen and oxygen atoms in total. The van der Waals surface area contributed by atoms with Crippen molar-refractivity contribution in [2.24, 2.45) is 10.7 Å². The van der Waals surface area contributed by atoms with Crippen LogP contribution in [-0.4, -0.2) is 33.2 Å². The molecule has 0 saturated carbocycles. The normalized spacial score (nSPS) is 12.4. The number of guanidine groups is 1. The average molecular weight is 298 g/mol. The predicted octanol–water partition coefficient (Wildman–Crippen LogP) is 1.05. The molecule has 0 atom stereocenters. The summed E-state index contributed by atoms with van der Waals surface area (Å²) >= 11 is 0. The number of nitrogens with zero attached hydrogens (tertiary/aromatic N) is 1. The second-order valence-electron chi connectivity index (χ2n) is 4.41. The monoisotopic (exact) mass is 298 g/mol. The van der Waals surface area contributed by atoms with Gasteiger partial charge in [-0.2, -0.15) is 0 Å². The summed E-state index contributed by atoms with van der Waals surface area (Å²) in [5.74, 6) is 0.417. The van der Waals surface area contributed by atoms with Crippen LogP contribution in [0.25, 0.3) is 0 Å². The fourth-order valence-corrected chi connectivity index (χ4v) is 2.09. The van der Waals surface area contributed by atoms with Gasteiger partial charge >= 0.3 is 0 Å².